The molecule has 0 saturated heterocycles. The van der Waals surface area contributed by atoms with Gasteiger partial charge >= 0.3 is 0 Å². The minimum absolute atomic E-state index is 0.322. The van der Waals surface area contributed by atoms with Crippen molar-refractivity contribution in [3.05, 3.63) is 0 Å². The second-order valence-electron chi connectivity index (χ2n) is 8.61. The molecular weight excluding hydrogens is 334 g/mol. The first-order chi connectivity index (χ1) is 13.1. The number of aliphatic hydroxyl groups excluding tert-OH is 1. The zero-order valence-electron chi connectivity index (χ0n) is 19.3. The number of ether oxygens (including phenoxy) is 1. The molecule has 0 aromatic carbocycles. The first-order valence-electron chi connectivity index (χ1n) is 12.2. The molecule has 0 heterocycles. The third-order valence-electron chi connectivity index (χ3n) is 5.64. The van der Waals surface area contributed by atoms with Gasteiger partial charge in [-0.25, -0.2) is 0 Å². The van der Waals surface area contributed by atoms with Crippen LogP contribution in [0.25, 0.3) is 0 Å². The Balaban J connectivity index is 3.72. The van der Waals surface area contributed by atoms with Gasteiger partial charge in [0, 0.05) is 6.61 Å². The Hall–Kier alpha value is -0.120. The Morgan fingerprint density at radius 3 is 1.52 bits per heavy atom. The summed E-state index contributed by atoms with van der Waals surface area (Å²) in [7, 11) is 0. The van der Waals surface area contributed by atoms with E-state index in [2.05, 4.69) is 27.7 Å². The van der Waals surface area contributed by atoms with Crippen LogP contribution in [0.1, 0.15) is 111 Å². The fourth-order valence-corrected chi connectivity index (χ4v) is 4.44. The maximum atomic E-state index is 10.5. The molecule has 0 aliphatic carbocycles. The second-order valence-corrected chi connectivity index (χ2v) is 8.61. The van der Waals surface area contributed by atoms with Crippen molar-refractivity contribution in [2.45, 2.75) is 117 Å². The van der Waals surface area contributed by atoms with Crippen molar-refractivity contribution in [1.82, 2.24) is 0 Å². The lowest BCUT2D eigenvalue weighted by Gasteiger charge is -2.39. The van der Waals surface area contributed by atoms with Crippen LogP contribution in [-0.4, -0.2) is 55.1 Å². The van der Waals surface area contributed by atoms with Gasteiger partial charge in [0.15, 0.2) is 0 Å². The lowest BCUT2D eigenvalue weighted by atomic mass is 10.1. The second kappa shape index (κ2) is 19.2. The van der Waals surface area contributed by atoms with Crippen molar-refractivity contribution in [1.29, 1.82) is 0 Å². The van der Waals surface area contributed by atoms with Crippen LogP contribution in [0.3, 0.4) is 0 Å². The Morgan fingerprint density at radius 2 is 1.07 bits per heavy atom. The van der Waals surface area contributed by atoms with Gasteiger partial charge in [0.1, 0.15) is 12.6 Å². The molecule has 0 aromatic rings. The maximum absolute atomic E-state index is 10.5. The molecule has 0 fully saturated rings. The van der Waals surface area contributed by atoms with Crippen LogP contribution >= 0.6 is 0 Å². The van der Waals surface area contributed by atoms with Gasteiger partial charge in [-0.1, -0.05) is 85.5 Å². The summed E-state index contributed by atoms with van der Waals surface area (Å²) in [4.78, 5) is 0. The fraction of sp³-hybridized carbons (Fsp3) is 1.00. The number of quaternary nitrogens is 1. The number of hydrogen-bond donors (Lipinski definition) is 1. The summed E-state index contributed by atoms with van der Waals surface area (Å²) in [5.74, 6) is 0. The Kier molecular flexibility index (Phi) is 19.1. The number of nitrogens with zero attached hydrogens (tertiary/aromatic N) is 1. The minimum Gasteiger partial charge on any atom is -0.385 e. The summed E-state index contributed by atoms with van der Waals surface area (Å²) in [5.41, 5.74) is 0. The summed E-state index contributed by atoms with van der Waals surface area (Å²) in [6, 6.07) is 0. The molecule has 3 nitrogen and oxygen atoms in total. The van der Waals surface area contributed by atoms with Crippen molar-refractivity contribution in [2.75, 3.05) is 39.4 Å². The smallest absolute Gasteiger partial charge is 0.126 e. The lowest BCUT2D eigenvalue weighted by Crippen LogP contribution is -2.54. The van der Waals surface area contributed by atoms with Crippen molar-refractivity contribution in [3.63, 3.8) is 0 Å². The van der Waals surface area contributed by atoms with E-state index in [0.29, 0.717) is 6.61 Å². The van der Waals surface area contributed by atoms with Crippen molar-refractivity contribution >= 4 is 0 Å². The van der Waals surface area contributed by atoms with Gasteiger partial charge in [0.2, 0.25) is 0 Å². The van der Waals surface area contributed by atoms with Crippen LogP contribution < -0.4 is 0 Å². The average Bonchev–Trinajstić information content (AvgIpc) is 2.63. The van der Waals surface area contributed by atoms with E-state index < -0.39 is 0 Å². The molecule has 1 atom stereocenters. The summed E-state index contributed by atoms with van der Waals surface area (Å²) in [6.07, 6.45) is 16.7. The molecule has 1 N–H and O–H groups in total. The van der Waals surface area contributed by atoms with Gasteiger partial charge in [0.25, 0.3) is 0 Å². The molecule has 27 heavy (non-hydrogen) atoms. The first-order valence-corrected chi connectivity index (χ1v) is 12.2. The van der Waals surface area contributed by atoms with E-state index in [9.17, 15) is 5.11 Å². The molecule has 0 aromatic heterocycles. The van der Waals surface area contributed by atoms with Crippen molar-refractivity contribution in [2.24, 2.45) is 0 Å². The van der Waals surface area contributed by atoms with Gasteiger partial charge in [-0.15, -0.1) is 0 Å². The van der Waals surface area contributed by atoms with E-state index in [4.69, 9.17) is 4.74 Å². The summed E-state index contributed by atoms with van der Waals surface area (Å²) in [5, 5.41) is 10.5. The quantitative estimate of drug-likeness (QED) is 0.184. The van der Waals surface area contributed by atoms with E-state index in [1.165, 1.54) is 96.7 Å². The monoisotopic (exact) mass is 386 g/mol. The van der Waals surface area contributed by atoms with Gasteiger partial charge in [0.05, 0.1) is 26.2 Å². The van der Waals surface area contributed by atoms with E-state index in [0.717, 1.165) is 24.1 Å². The number of rotatable bonds is 21. The van der Waals surface area contributed by atoms with Gasteiger partial charge in [-0.2, -0.15) is 0 Å². The molecule has 0 rings (SSSR count). The van der Waals surface area contributed by atoms with Crippen LogP contribution in [0.2, 0.25) is 0 Å². The predicted molar refractivity (Wildman–Crippen MR) is 119 cm³/mol. The highest BCUT2D eigenvalue weighted by Gasteiger charge is 2.28. The summed E-state index contributed by atoms with van der Waals surface area (Å²) >= 11 is 0. The molecule has 3 heteroatoms. The Labute approximate surface area is 171 Å². The topological polar surface area (TPSA) is 29.5 Å². The maximum Gasteiger partial charge on any atom is 0.126 e. The number of hydrogen-bond acceptors (Lipinski definition) is 2. The molecule has 0 bridgehead atoms. The van der Waals surface area contributed by atoms with Gasteiger partial charge < -0.3 is 14.3 Å². The largest absolute Gasteiger partial charge is 0.385 e. The predicted octanol–water partition coefficient (Wildman–Crippen LogP) is 6.33. The summed E-state index contributed by atoms with van der Waals surface area (Å²) in [6.45, 7) is 14.7. The molecule has 0 saturated carbocycles. The van der Waals surface area contributed by atoms with E-state index in [1.807, 2.05) is 0 Å². The number of unbranched alkanes of at least 4 members (excludes halogenated alkanes) is 9. The van der Waals surface area contributed by atoms with E-state index in [-0.39, 0.29) is 6.10 Å². The Bertz CT molecular complexity index is 279. The molecule has 0 aliphatic heterocycles. The van der Waals surface area contributed by atoms with Crippen LogP contribution in [0.5, 0.6) is 0 Å². The lowest BCUT2D eigenvalue weighted by molar-refractivity contribution is -0.931. The normalized spacial score (nSPS) is 13.2. The number of aliphatic hydroxyl groups is 1. The van der Waals surface area contributed by atoms with Crippen LogP contribution in [0, 0.1) is 0 Å². The van der Waals surface area contributed by atoms with Crippen LogP contribution in [-0.2, 0) is 4.74 Å². The zero-order chi connectivity index (χ0) is 20.2. The van der Waals surface area contributed by atoms with Crippen molar-refractivity contribution in [3.8, 4) is 0 Å². The summed E-state index contributed by atoms with van der Waals surface area (Å²) < 4.78 is 6.85. The molecule has 1 unspecified atom stereocenters. The van der Waals surface area contributed by atoms with Gasteiger partial charge in [-0.05, 0) is 25.7 Å². The van der Waals surface area contributed by atoms with Crippen molar-refractivity contribution < 1.29 is 14.3 Å². The highest BCUT2D eigenvalue weighted by atomic mass is 16.5. The molecule has 0 radical (unpaired) electrons. The minimum atomic E-state index is -0.322. The SMILES string of the molecule is CCCCCCCCCCCCOCC(O)C[N+](CCC)(CCC)CCC. The Morgan fingerprint density at radius 1 is 0.630 bits per heavy atom. The molecule has 0 spiro atoms. The van der Waals surface area contributed by atoms with Crippen LogP contribution in [0.15, 0.2) is 0 Å². The third-order valence-corrected chi connectivity index (χ3v) is 5.64. The molecule has 164 valence electrons. The highest BCUT2D eigenvalue weighted by Crippen LogP contribution is 2.14. The van der Waals surface area contributed by atoms with Crippen LogP contribution in [0.4, 0.5) is 0 Å². The van der Waals surface area contributed by atoms with Gasteiger partial charge in [-0.3, -0.25) is 0 Å². The molecule has 0 amide bonds. The standard InChI is InChI=1S/C24H52NO2/c1-5-9-10-11-12-13-14-15-16-17-21-27-23-24(26)22-25(18-6-2,19-7-3)20-8-4/h24,26H,5-23H2,1-4H3/q+1. The third kappa shape index (κ3) is 15.5. The average molecular weight is 387 g/mol. The fourth-order valence-electron chi connectivity index (χ4n) is 4.44. The zero-order valence-corrected chi connectivity index (χ0v) is 19.3. The van der Waals surface area contributed by atoms with E-state index >= 15 is 0 Å². The van der Waals surface area contributed by atoms with E-state index in [1.54, 1.807) is 0 Å². The molecule has 0 aliphatic rings. The molecular formula is C24H52NO2+. The highest BCUT2D eigenvalue weighted by molar-refractivity contribution is 4.56. The first kappa shape index (κ1) is 26.9.